The van der Waals surface area contributed by atoms with Crippen LogP contribution in [0.1, 0.15) is 39.5 Å². The minimum absolute atomic E-state index is 0.111. The standard InChI is InChI=1S/C11H21NO2/c1-7-3-5-9(6-4-7)8(2)10(12)11(13)14/h7-10H,3-6,12H2,1-2H3,(H,13,14). The first-order valence-electron chi connectivity index (χ1n) is 5.50. The van der Waals surface area contributed by atoms with Gasteiger partial charge in [-0.15, -0.1) is 0 Å². The second-order valence-corrected chi connectivity index (χ2v) is 4.74. The summed E-state index contributed by atoms with van der Waals surface area (Å²) in [6.45, 7) is 4.23. The number of hydrogen-bond acceptors (Lipinski definition) is 2. The molecule has 2 atom stereocenters. The smallest absolute Gasteiger partial charge is 0.320 e. The fraction of sp³-hybridized carbons (Fsp3) is 0.909. The predicted octanol–water partition coefficient (Wildman–Crippen LogP) is 1.86. The van der Waals surface area contributed by atoms with Crippen molar-refractivity contribution in [3.63, 3.8) is 0 Å². The largest absolute Gasteiger partial charge is 0.480 e. The zero-order valence-electron chi connectivity index (χ0n) is 9.07. The van der Waals surface area contributed by atoms with Gasteiger partial charge in [-0.05, 0) is 30.6 Å². The van der Waals surface area contributed by atoms with Crippen molar-refractivity contribution >= 4 is 5.97 Å². The SMILES string of the molecule is CC1CCC(C(C)C(N)C(=O)O)CC1. The van der Waals surface area contributed by atoms with Gasteiger partial charge in [0, 0.05) is 0 Å². The van der Waals surface area contributed by atoms with Crippen molar-refractivity contribution in [2.75, 3.05) is 0 Å². The molecule has 1 aliphatic carbocycles. The summed E-state index contributed by atoms with van der Waals surface area (Å²) in [5.74, 6) is 0.563. The monoisotopic (exact) mass is 199 g/mol. The topological polar surface area (TPSA) is 63.3 Å². The van der Waals surface area contributed by atoms with Gasteiger partial charge in [-0.1, -0.05) is 26.7 Å². The van der Waals surface area contributed by atoms with Gasteiger partial charge in [-0.2, -0.15) is 0 Å². The first-order chi connectivity index (χ1) is 6.52. The Hall–Kier alpha value is -0.570. The molecule has 0 aromatic carbocycles. The second-order valence-electron chi connectivity index (χ2n) is 4.74. The molecule has 0 aliphatic heterocycles. The molecule has 0 amide bonds. The van der Waals surface area contributed by atoms with Crippen LogP contribution in [0.25, 0.3) is 0 Å². The van der Waals surface area contributed by atoms with E-state index in [2.05, 4.69) is 6.92 Å². The molecular weight excluding hydrogens is 178 g/mol. The molecule has 0 bridgehead atoms. The maximum atomic E-state index is 10.7. The lowest BCUT2D eigenvalue weighted by Crippen LogP contribution is -2.40. The van der Waals surface area contributed by atoms with E-state index in [4.69, 9.17) is 10.8 Å². The van der Waals surface area contributed by atoms with E-state index < -0.39 is 12.0 Å². The van der Waals surface area contributed by atoms with Crippen molar-refractivity contribution in [2.45, 2.75) is 45.6 Å². The third kappa shape index (κ3) is 2.71. The normalized spacial score (nSPS) is 32.2. The van der Waals surface area contributed by atoms with E-state index in [1.54, 1.807) is 0 Å². The molecule has 2 unspecified atom stereocenters. The van der Waals surface area contributed by atoms with E-state index in [1.807, 2.05) is 6.92 Å². The Labute approximate surface area is 85.7 Å². The van der Waals surface area contributed by atoms with E-state index in [9.17, 15) is 4.79 Å². The molecule has 0 saturated heterocycles. The summed E-state index contributed by atoms with van der Waals surface area (Å²) in [7, 11) is 0. The predicted molar refractivity (Wildman–Crippen MR) is 55.9 cm³/mol. The zero-order chi connectivity index (χ0) is 10.7. The molecule has 3 heteroatoms. The van der Waals surface area contributed by atoms with Crippen molar-refractivity contribution in [1.82, 2.24) is 0 Å². The van der Waals surface area contributed by atoms with Crippen LogP contribution in [0.3, 0.4) is 0 Å². The lowest BCUT2D eigenvalue weighted by molar-refractivity contribution is -0.140. The Kier molecular flexibility index (Phi) is 3.93. The van der Waals surface area contributed by atoms with Gasteiger partial charge in [0.25, 0.3) is 0 Å². The zero-order valence-corrected chi connectivity index (χ0v) is 9.07. The number of carboxylic acid groups (broad SMARTS) is 1. The van der Waals surface area contributed by atoms with Gasteiger partial charge in [0.2, 0.25) is 0 Å². The summed E-state index contributed by atoms with van der Waals surface area (Å²) in [6.07, 6.45) is 4.73. The molecule has 0 heterocycles. The molecule has 3 N–H and O–H groups in total. The Morgan fingerprint density at radius 2 is 1.86 bits per heavy atom. The van der Waals surface area contributed by atoms with Crippen LogP contribution in [0.2, 0.25) is 0 Å². The highest BCUT2D eigenvalue weighted by atomic mass is 16.4. The molecule has 0 spiro atoms. The molecule has 1 fully saturated rings. The summed E-state index contributed by atoms with van der Waals surface area (Å²) in [6, 6.07) is -0.687. The summed E-state index contributed by atoms with van der Waals surface area (Å²) in [5, 5.41) is 8.81. The molecule has 1 aliphatic rings. The van der Waals surface area contributed by atoms with Gasteiger partial charge in [-0.3, -0.25) is 4.79 Å². The number of carboxylic acids is 1. The Morgan fingerprint density at radius 3 is 2.29 bits per heavy atom. The molecule has 82 valence electrons. The maximum absolute atomic E-state index is 10.7. The number of aliphatic carboxylic acids is 1. The molecule has 0 radical (unpaired) electrons. The Bertz CT molecular complexity index is 197. The van der Waals surface area contributed by atoms with Gasteiger partial charge >= 0.3 is 5.97 Å². The second kappa shape index (κ2) is 4.78. The van der Waals surface area contributed by atoms with E-state index in [0.29, 0.717) is 5.92 Å². The van der Waals surface area contributed by atoms with Crippen LogP contribution in [-0.4, -0.2) is 17.1 Å². The summed E-state index contributed by atoms with van der Waals surface area (Å²) < 4.78 is 0. The molecule has 0 aromatic rings. The number of carbonyl (C=O) groups is 1. The van der Waals surface area contributed by atoms with Crippen LogP contribution in [-0.2, 0) is 4.79 Å². The van der Waals surface area contributed by atoms with Gasteiger partial charge < -0.3 is 10.8 Å². The number of rotatable bonds is 3. The summed E-state index contributed by atoms with van der Waals surface area (Å²) in [4.78, 5) is 10.7. The number of nitrogens with two attached hydrogens (primary N) is 1. The molecule has 0 aromatic heterocycles. The minimum Gasteiger partial charge on any atom is -0.480 e. The van der Waals surface area contributed by atoms with Crippen LogP contribution < -0.4 is 5.73 Å². The lowest BCUT2D eigenvalue weighted by Gasteiger charge is -2.32. The molecular formula is C11H21NO2. The van der Waals surface area contributed by atoms with Crippen LogP contribution in [0.15, 0.2) is 0 Å². The van der Waals surface area contributed by atoms with Gasteiger partial charge in [0.15, 0.2) is 0 Å². The van der Waals surface area contributed by atoms with Crippen LogP contribution in [0, 0.1) is 17.8 Å². The highest BCUT2D eigenvalue weighted by molar-refractivity contribution is 5.73. The van der Waals surface area contributed by atoms with Crippen LogP contribution in [0.4, 0.5) is 0 Å². The highest BCUT2D eigenvalue weighted by Gasteiger charge is 2.30. The fourth-order valence-corrected chi connectivity index (χ4v) is 2.33. The first-order valence-corrected chi connectivity index (χ1v) is 5.50. The van der Waals surface area contributed by atoms with Crippen molar-refractivity contribution < 1.29 is 9.90 Å². The first kappa shape index (κ1) is 11.5. The minimum atomic E-state index is -0.865. The summed E-state index contributed by atoms with van der Waals surface area (Å²) >= 11 is 0. The van der Waals surface area contributed by atoms with Gasteiger partial charge in [-0.25, -0.2) is 0 Å². The van der Waals surface area contributed by atoms with Crippen molar-refractivity contribution in [3.05, 3.63) is 0 Å². The molecule has 1 saturated carbocycles. The Balaban J connectivity index is 2.45. The van der Waals surface area contributed by atoms with Gasteiger partial charge in [0.05, 0.1) is 0 Å². The quantitative estimate of drug-likeness (QED) is 0.729. The van der Waals surface area contributed by atoms with E-state index in [0.717, 1.165) is 18.8 Å². The molecule has 1 rings (SSSR count). The average molecular weight is 199 g/mol. The summed E-state index contributed by atoms with van der Waals surface area (Å²) in [5.41, 5.74) is 5.63. The maximum Gasteiger partial charge on any atom is 0.320 e. The third-order valence-corrected chi connectivity index (χ3v) is 3.66. The third-order valence-electron chi connectivity index (χ3n) is 3.66. The van der Waals surface area contributed by atoms with E-state index >= 15 is 0 Å². The van der Waals surface area contributed by atoms with Crippen LogP contribution >= 0.6 is 0 Å². The van der Waals surface area contributed by atoms with E-state index in [1.165, 1.54) is 12.8 Å². The molecule has 14 heavy (non-hydrogen) atoms. The molecule has 3 nitrogen and oxygen atoms in total. The van der Waals surface area contributed by atoms with Crippen molar-refractivity contribution in [2.24, 2.45) is 23.5 Å². The average Bonchev–Trinajstić information content (AvgIpc) is 2.16. The van der Waals surface area contributed by atoms with Crippen LogP contribution in [0.5, 0.6) is 0 Å². The van der Waals surface area contributed by atoms with E-state index in [-0.39, 0.29) is 5.92 Å². The van der Waals surface area contributed by atoms with Gasteiger partial charge in [0.1, 0.15) is 6.04 Å². The number of hydrogen-bond donors (Lipinski definition) is 2. The van der Waals surface area contributed by atoms with Crippen molar-refractivity contribution in [1.29, 1.82) is 0 Å². The highest BCUT2D eigenvalue weighted by Crippen LogP contribution is 2.33. The lowest BCUT2D eigenvalue weighted by atomic mass is 9.75. The fourth-order valence-electron chi connectivity index (χ4n) is 2.33. The Morgan fingerprint density at radius 1 is 1.36 bits per heavy atom. The van der Waals surface area contributed by atoms with Crippen molar-refractivity contribution in [3.8, 4) is 0 Å².